The fourth-order valence-electron chi connectivity index (χ4n) is 0. The van der Waals surface area contributed by atoms with Crippen molar-refractivity contribution in [3.63, 3.8) is 0 Å². The largest absolute Gasteiger partial charge is 0.281 e. The zero-order chi connectivity index (χ0) is 8.08. The summed E-state index contributed by atoms with van der Waals surface area (Å²) in [4.78, 5) is 9.75. The molecule has 54 valence electrons. The molecule has 4 nitrogen and oxygen atoms in total. The number of carbonyl (C=O) groups excluding carboxylic acids is 1. The van der Waals surface area contributed by atoms with Crippen molar-refractivity contribution >= 4 is 15.1 Å². The van der Waals surface area contributed by atoms with E-state index in [1.54, 1.807) is 0 Å². The van der Waals surface area contributed by atoms with Gasteiger partial charge < -0.3 is 0 Å². The molecule has 0 aromatic rings. The molecule has 0 spiro atoms. The molecule has 0 aliphatic carbocycles. The zero-order valence-electron chi connectivity index (χ0n) is 5.12. The number of nitrogens with two attached hydrogens (primary N) is 1. The molecular formula is C4H9NO3S. The van der Waals surface area contributed by atoms with Crippen LogP contribution in [0.4, 0.5) is 0 Å². The van der Waals surface area contributed by atoms with Crippen LogP contribution in [0.25, 0.3) is 0 Å². The highest BCUT2D eigenvalue weighted by atomic mass is 32.2. The second-order valence-electron chi connectivity index (χ2n) is 1.04. The predicted octanol–water partition coefficient (Wildman–Crippen LogP) is -0.376. The Hall–Kier alpha value is -0.680. The molecule has 0 aliphatic rings. The Balaban J connectivity index is 0. The maximum Gasteiger partial charge on any atom is 0.271 e. The Morgan fingerprint density at radius 1 is 1.44 bits per heavy atom. The third kappa shape index (κ3) is 7.32. The highest BCUT2D eigenvalue weighted by Gasteiger charge is 2.06. The van der Waals surface area contributed by atoms with E-state index < -0.39 is 15.1 Å². The molecular weight excluding hydrogens is 142 g/mol. The molecule has 0 unspecified atom stereocenters. The second kappa shape index (κ2) is 4.22. The maximum absolute atomic E-state index is 9.76. The average Bonchev–Trinajstić information content (AvgIpc) is 1.69. The molecule has 0 atom stereocenters. The van der Waals surface area contributed by atoms with Gasteiger partial charge in [-0.1, -0.05) is 0 Å². The normalized spacial score (nSPS) is 9.11. The van der Waals surface area contributed by atoms with Crippen LogP contribution < -0.4 is 5.14 Å². The Morgan fingerprint density at radius 3 is 1.56 bits per heavy atom. The van der Waals surface area contributed by atoms with Crippen molar-refractivity contribution in [1.29, 1.82) is 0 Å². The maximum atomic E-state index is 9.76. The molecule has 0 saturated heterocycles. The van der Waals surface area contributed by atoms with Gasteiger partial charge in [0.25, 0.3) is 15.1 Å². The van der Waals surface area contributed by atoms with E-state index in [0.29, 0.717) is 0 Å². The first-order valence-electron chi connectivity index (χ1n) is 1.98. The monoisotopic (exact) mass is 151 g/mol. The summed E-state index contributed by atoms with van der Waals surface area (Å²) in [6.45, 7) is 6.90. The Kier molecular flexibility index (Phi) is 5.24. The lowest BCUT2D eigenvalue weighted by Gasteiger charge is -1.81. The van der Waals surface area contributed by atoms with E-state index in [1.807, 2.05) is 0 Å². The highest BCUT2D eigenvalue weighted by Crippen LogP contribution is 1.74. The molecule has 0 radical (unpaired) electrons. The summed E-state index contributed by atoms with van der Waals surface area (Å²) < 4.78 is 19.5. The second-order valence-corrected chi connectivity index (χ2v) is 2.70. The molecule has 0 fully saturated rings. The van der Waals surface area contributed by atoms with Gasteiger partial charge in [0, 0.05) is 6.92 Å². The summed E-state index contributed by atoms with van der Waals surface area (Å²) in [5.74, 6) is 0. The summed E-state index contributed by atoms with van der Waals surface area (Å²) in [7, 11) is -3.88. The van der Waals surface area contributed by atoms with Crippen molar-refractivity contribution in [3.05, 3.63) is 13.2 Å². The van der Waals surface area contributed by atoms with E-state index in [2.05, 4.69) is 18.3 Å². The average molecular weight is 151 g/mol. The zero-order valence-corrected chi connectivity index (χ0v) is 5.94. The smallest absolute Gasteiger partial charge is 0.271 e. The van der Waals surface area contributed by atoms with Gasteiger partial charge in [-0.05, 0) is 0 Å². The van der Waals surface area contributed by atoms with E-state index >= 15 is 0 Å². The van der Waals surface area contributed by atoms with Crippen LogP contribution in [0.3, 0.4) is 0 Å². The van der Waals surface area contributed by atoms with Crippen molar-refractivity contribution in [1.82, 2.24) is 0 Å². The van der Waals surface area contributed by atoms with Crippen LogP contribution in [0.1, 0.15) is 6.92 Å². The molecule has 0 heterocycles. The first-order chi connectivity index (χ1) is 3.94. The predicted molar refractivity (Wildman–Crippen MR) is 35.0 cm³/mol. The van der Waals surface area contributed by atoms with Gasteiger partial charge in [0.05, 0.1) is 0 Å². The van der Waals surface area contributed by atoms with Crippen LogP contribution in [-0.2, 0) is 14.8 Å². The van der Waals surface area contributed by atoms with Crippen molar-refractivity contribution in [2.24, 2.45) is 5.14 Å². The fourth-order valence-corrected chi connectivity index (χ4v) is 0. The van der Waals surface area contributed by atoms with Gasteiger partial charge in [0.15, 0.2) is 0 Å². The summed E-state index contributed by atoms with van der Waals surface area (Å²) in [5, 5.41) is 3.29. The van der Waals surface area contributed by atoms with Crippen molar-refractivity contribution in [3.8, 4) is 0 Å². The van der Waals surface area contributed by atoms with Crippen LogP contribution in [0, 0.1) is 0 Å². The van der Waals surface area contributed by atoms with Crippen LogP contribution in [0.15, 0.2) is 13.2 Å². The SMILES string of the molecule is C=C.CC(=O)S(N)(=O)=O. The van der Waals surface area contributed by atoms with Crippen LogP contribution in [-0.4, -0.2) is 13.5 Å². The van der Waals surface area contributed by atoms with Crippen molar-refractivity contribution in [2.75, 3.05) is 0 Å². The Labute approximate surface area is 54.4 Å². The van der Waals surface area contributed by atoms with Gasteiger partial charge in [-0.2, -0.15) is 0 Å². The number of carbonyl (C=O) groups is 1. The number of rotatable bonds is 0. The molecule has 5 heteroatoms. The van der Waals surface area contributed by atoms with Gasteiger partial charge >= 0.3 is 0 Å². The van der Waals surface area contributed by atoms with Gasteiger partial charge in [0.1, 0.15) is 0 Å². The quantitative estimate of drug-likeness (QED) is 0.479. The lowest BCUT2D eigenvalue weighted by atomic mass is 10.9. The van der Waals surface area contributed by atoms with E-state index in [1.165, 1.54) is 0 Å². The molecule has 0 aromatic carbocycles. The molecule has 0 amide bonds. The lowest BCUT2D eigenvalue weighted by Crippen LogP contribution is -2.19. The first kappa shape index (κ1) is 11.2. The van der Waals surface area contributed by atoms with Gasteiger partial charge in [-0.3, -0.25) is 4.79 Å². The molecule has 2 N–H and O–H groups in total. The minimum absolute atomic E-state index is 0.898. The molecule has 0 bridgehead atoms. The summed E-state index contributed by atoms with van der Waals surface area (Å²) in [6.07, 6.45) is 0. The van der Waals surface area contributed by atoms with E-state index in [-0.39, 0.29) is 0 Å². The molecule has 0 rings (SSSR count). The van der Waals surface area contributed by atoms with Crippen LogP contribution >= 0.6 is 0 Å². The third-order valence-electron chi connectivity index (χ3n) is 0.401. The van der Waals surface area contributed by atoms with Gasteiger partial charge in [0.2, 0.25) is 0 Å². The fraction of sp³-hybridized carbons (Fsp3) is 0.250. The van der Waals surface area contributed by atoms with E-state index in [0.717, 1.165) is 6.92 Å². The lowest BCUT2D eigenvalue weighted by molar-refractivity contribution is -0.109. The summed E-state index contributed by atoms with van der Waals surface area (Å²) in [6, 6.07) is 0. The minimum Gasteiger partial charge on any atom is -0.281 e. The number of sulfonamides is 1. The molecule has 0 aromatic heterocycles. The van der Waals surface area contributed by atoms with E-state index in [9.17, 15) is 13.2 Å². The van der Waals surface area contributed by atoms with Gasteiger partial charge in [-0.15, -0.1) is 13.2 Å². The highest BCUT2D eigenvalue weighted by molar-refractivity contribution is 8.04. The molecule has 0 saturated carbocycles. The van der Waals surface area contributed by atoms with Gasteiger partial charge in [-0.25, -0.2) is 13.6 Å². The van der Waals surface area contributed by atoms with Crippen molar-refractivity contribution < 1.29 is 13.2 Å². The summed E-state index contributed by atoms with van der Waals surface area (Å²) in [5.41, 5.74) is 0. The number of primary sulfonamides is 1. The Morgan fingerprint density at radius 2 is 1.56 bits per heavy atom. The van der Waals surface area contributed by atoms with Crippen molar-refractivity contribution in [2.45, 2.75) is 6.92 Å². The van der Waals surface area contributed by atoms with E-state index in [4.69, 9.17) is 0 Å². The first-order valence-corrected chi connectivity index (χ1v) is 3.52. The number of hydrogen-bond acceptors (Lipinski definition) is 3. The summed E-state index contributed by atoms with van der Waals surface area (Å²) >= 11 is 0. The standard InChI is InChI=1S/C2H5NO3S.C2H4/c1-2(4)7(3,5)6;1-2/h1H3,(H2,3,5,6);1-2H2. The van der Waals surface area contributed by atoms with Crippen LogP contribution in [0.2, 0.25) is 0 Å². The number of hydrogen-bond donors (Lipinski definition) is 1. The third-order valence-corrected chi connectivity index (χ3v) is 1.20. The Bertz CT molecular complexity index is 182. The molecule has 0 aliphatic heterocycles. The topological polar surface area (TPSA) is 77.2 Å². The van der Waals surface area contributed by atoms with Crippen LogP contribution in [0.5, 0.6) is 0 Å². The molecule has 9 heavy (non-hydrogen) atoms. The minimum atomic E-state index is -3.88.